The van der Waals surface area contributed by atoms with Crippen LogP contribution in [0.5, 0.6) is 0 Å². The first kappa shape index (κ1) is 13.5. The van der Waals surface area contributed by atoms with E-state index in [1.165, 1.54) is 5.56 Å². The highest BCUT2D eigenvalue weighted by atomic mass is 15.2. The molecule has 0 saturated heterocycles. The molecule has 0 atom stereocenters. The van der Waals surface area contributed by atoms with Gasteiger partial charge in [0.25, 0.3) is 0 Å². The first-order chi connectivity index (χ1) is 9.20. The van der Waals surface area contributed by atoms with Gasteiger partial charge in [0.15, 0.2) is 0 Å². The number of aromatic nitrogens is 3. The van der Waals surface area contributed by atoms with Gasteiger partial charge in [-0.1, -0.05) is 6.07 Å². The summed E-state index contributed by atoms with van der Waals surface area (Å²) >= 11 is 0. The molecule has 1 N–H and O–H groups in total. The van der Waals surface area contributed by atoms with E-state index in [1.807, 2.05) is 36.3 Å². The molecule has 5 heteroatoms. The third-order valence-corrected chi connectivity index (χ3v) is 3.01. The Labute approximate surface area is 114 Å². The van der Waals surface area contributed by atoms with Crippen LogP contribution in [0.3, 0.4) is 0 Å². The van der Waals surface area contributed by atoms with Gasteiger partial charge < -0.3 is 9.88 Å². The summed E-state index contributed by atoms with van der Waals surface area (Å²) in [6.45, 7) is 4.64. The lowest BCUT2D eigenvalue weighted by Gasteiger charge is -2.18. The van der Waals surface area contributed by atoms with Crippen LogP contribution in [0.2, 0.25) is 0 Å². The van der Waals surface area contributed by atoms with Gasteiger partial charge in [-0.15, -0.1) is 0 Å². The number of hydrogen-bond acceptors (Lipinski definition) is 4. The summed E-state index contributed by atoms with van der Waals surface area (Å²) in [6.07, 6.45) is 5.62. The fourth-order valence-electron chi connectivity index (χ4n) is 2.03. The molecule has 0 amide bonds. The van der Waals surface area contributed by atoms with Crippen LogP contribution in [-0.4, -0.2) is 33.0 Å². The lowest BCUT2D eigenvalue weighted by molar-refractivity contribution is 0.307. The van der Waals surface area contributed by atoms with Crippen LogP contribution in [0.4, 0.5) is 5.82 Å². The van der Waals surface area contributed by atoms with Crippen LogP contribution in [-0.2, 0) is 20.1 Å². The van der Waals surface area contributed by atoms with Crippen LogP contribution >= 0.6 is 0 Å². The van der Waals surface area contributed by atoms with Crippen LogP contribution in [0.1, 0.15) is 18.3 Å². The third-order valence-electron chi connectivity index (χ3n) is 3.01. The maximum absolute atomic E-state index is 4.38. The first-order valence-electron chi connectivity index (χ1n) is 6.53. The second-order valence-corrected chi connectivity index (χ2v) is 4.67. The molecular weight excluding hydrogens is 238 g/mol. The van der Waals surface area contributed by atoms with Crippen molar-refractivity contribution in [3.8, 4) is 0 Å². The summed E-state index contributed by atoms with van der Waals surface area (Å²) in [5.74, 6) is 2.04. The Hall–Kier alpha value is -1.88. The molecule has 5 nitrogen and oxygen atoms in total. The highest BCUT2D eigenvalue weighted by Crippen LogP contribution is 2.14. The standard InChI is InChI=1S/C14H21N5/c1-4-15-14-12(6-5-7-17-14)10-18(2)11-13-16-8-9-19(13)3/h5-9H,4,10-11H2,1-3H3,(H,15,17). The number of nitrogens with zero attached hydrogens (tertiary/aromatic N) is 4. The molecule has 0 aromatic carbocycles. The highest BCUT2D eigenvalue weighted by molar-refractivity contribution is 5.43. The van der Waals surface area contributed by atoms with Crippen molar-refractivity contribution in [3.05, 3.63) is 42.1 Å². The Bertz CT molecular complexity index is 520. The Morgan fingerprint density at radius 3 is 2.79 bits per heavy atom. The quantitative estimate of drug-likeness (QED) is 0.860. The molecule has 0 aliphatic carbocycles. The van der Waals surface area contributed by atoms with Crippen molar-refractivity contribution in [2.45, 2.75) is 20.0 Å². The molecule has 0 bridgehead atoms. The number of anilines is 1. The Morgan fingerprint density at radius 1 is 1.26 bits per heavy atom. The summed E-state index contributed by atoms with van der Waals surface area (Å²) in [5.41, 5.74) is 1.21. The second-order valence-electron chi connectivity index (χ2n) is 4.67. The minimum Gasteiger partial charge on any atom is -0.370 e. The minimum atomic E-state index is 0.823. The van der Waals surface area contributed by atoms with E-state index < -0.39 is 0 Å². The van der Waals surface area contributed by atoms with E-state index in [2.05, 4.69) is 40.2 Å². The van der Waals surface area contributed by atoms with E-state index in [0.29, 0.717) is 0 Å². The molecule has 102 valence electrons. The van der Waals surface area contributed by atoms with Gasteiger partial charge in [-0.2, -0.15) is 0 Å². The van der Waals surface area contributed by atoms with E-state index in [1.54, 1.807) is 0 Å². The van der Waals surface area contributed by atoms with Gasteiger partial charge in [-0.25, -0.2) is 9.97 Å². The van der Waals surface area contributed by atoms with Gasteiger partial charge in [0.05, 0.1) is 6.54 Å². The molecule has 2 rings (SSSR count). The molecule has 0 saturated carbocycles. The predicted molar refractivity (Wildman–Crippen MR) is 76.8 cm³/mol. The molecule has 2 aromatic heterocycles. The van der Waals surface area contributed by atoms with Crippen molar-refractivity contribution in [1.29, 1.82) is 0 Å². The van der Waals surface area contributed by atoms with Crippen molar-refractivity contribution in [2.75, 3.05) is 18.9 Å². The van der Waals surface area contributed by atoms with Crippen molar-refractivity contribution in [2.24, 2.45) is 7.05 Å². The van der Waals surface area contributed by atoms with Crippen LogP contribution < -0.4 is 5.32 Å². The number of rotatable bonds is 6. The number of aryl methyl sites for hydroxylation is 1. The molecule has 2 heterocycles. The second kappa shape index (κ2) is 6.33. The summed E-state index contributed by atoms with van der Waals surface area (Å²) < 4.78 is 2.05. The molecule has 19 heavy (non-hydrogen) atoms. The highest BCUT2D eigenvalue weighted by Gasteiger charge is 2.08. The van der Waals surface area contributed by atoms with E-state index in [-0.39, 0.29) is 0 Å². The van der Waals surface area contributed by atoms with Gasteiger partial charge in [0.2, 0.25) is 0 Å². The SMILES string of the molecule is CCNc1ncccc1CN(C)Cc1nccn1C. The summed E-state index contributed by atoms with van der Waals surface area (Å²) in [7, 11) is 4.11. The van der Waals surface area contributed by atoms with Crippen molar-refractivity contribution < 1.29 is 0 Å². The zero-order chi connectivity index (χ0) is 13.7. The zero-order valence-electron chi connectivity index (χ0n) is 11.8. The molecule has 0 aliphatic rings. The smallest absolute Gasteiger partial charge is 0.130 e. The summed E-state index contributed by atoms with van der Waals surface area (Å²) in [6, 6.07) is 4.09. The van der Waals surface area contributed by atoms with E-state index in [9.17, 15) is 0 Å². The van der Waals surface area contributed by atoms with Crippen molar-refractivity contribution in [3.63, 3.8) is 0 Å². The molecule has 0 aliphatic heterocycles. The number of imidazole rings is 1. The number of pyridine rings is 1. The monoisotopic (exact) mass is 259 g/mol. The van der Waals surface area contributed by atoms with Gasteiger partial charge >= 0.3 is 0 Å². The zero-order valence-corrected chi connectivity index (χ0v) is 11.8. The maximum Gasteiger partial charge on any atom is 0.130 e. The normalized spacial score (nSPS) is 10.9. The van der Waals surface area contributed by atoms with E-state index in [0.717, 1.165) is 31.3 Å². The molecule has 0 unspecified atom stereocenters. The Morgan fingerprint density at radius 2 is 2.11 bits per heavy atom. The van der Waals surface area contributed by atoms with Crippen LogP contribution in [0.15, 0.2) is 30.7 Å². The molecule has 0 fully saturated rings. The lowest BCUT2D eigenvalue weighted by atomic mass is 10.2. The average Bonchev–Trinajstić information content (AvgIpc) is 2.78. The predicted octanol–water partition coefficient (Wildman–Crippen LogP) is 1.88. The lowest BCUT2D eigenvalue weighted by Crippen LogP contribution is -2.20. The molecular formula is C14H21N5. The largest absolute Gasteiger partial charge is 0.370 e. The van der Waals surface area contributed by atoms with Gasteiger partial charge in [0, 0.05) is 44.3 Å². The first-order valence-corrected chi connectivity index (χ1v) is 6.53. The minimum absolute atomic E-state index is 0.823. The number of nitrogens with one attached hydrogen (secondary N) is 1. The third kappa shape index (κ3) is 3.54. The van der Waals surface area contributed by atoms with Crippen molar-refractivity contribution >= 4 is 5.82 Å². The van der Waals surface area contributed by atoms with Crippen molar-refractivity contribution in [1.82, 2.24) is 19.4 Å². The van der Waals surface area contributed by atoms with Crippen LogP contribution in [0.25, 0.3) is 0 Å². The summed E-state index contributed by atoms with van der Waals surface area (Å²) in [5, 5.41) is 3.29. The average molecular weight is 259 g/mol. The summed E-state index contributed by atoms with van der Waals surface area (Å²) in [4.78, 5) is 11.0. The molecule has 0 spiro atoms. The van der Waals surface area contributed by atoms with E-state index in [4.69, 9.17) is 0 Å². The van der Waals surface area contributed by atoms with Gasteiger partial charge in [-0.3, -0.25) is 4.90 Å². The van der Waals surface area contributed by atoms with Gasteiger partial charge in [-0.05, 0) is 20.0 Å². The molecule has 2 aromatic rings. The maximum atomic E-state index is 4.38. The fraction of sp³-hybridized carbons (Fsp3) is 0.429. The van der Waals surface area contributed by atoms with E-state index >= 15 is 0 Å². The van der Waals surface area contributed by atoms with Crippen LogP contribution in [0, 0.1) is 0 Å². The topological polar surface area (TPSA) is 46.0 Å². The Balaban J connectivity index is 2.02. The number of hydrogen-bond donors (Lipinski definition) is 1. The fourth-order valence-corrected chi connectivity index (χ4v) is 2.03. The Kier molecular flexibility index (Phi) is 4.52. The molecule has 0 radical (unpaired) electrons. The van der Waals surface area contributed by atoms with Gasteiger partial charge in [0.1, 0.15) is 11.6 Å².